The molecule has 0 aromatic heterocycles. The van der Waals surface area contributed by atoms with Crippen LogP contribution in [0.5, 0.6) is 5.75 Å². The summed E-state index contributed by atoms with van der Waals surface area (Å²) in [5.41, 5.74) is 0. The summed E-state index contributed by atoms with van der Waals surface area (Å²) in [6, 6.07) is 9.52. The molecule has 0 N–H and O–H groups in total. The third-order valence-electron chi connectivity index (χ3n) is 1.47. The van der Waals surface area contributed by atoms with Crippen LogP contribution >= 0.6 is 0 Å². The molecule has 0 saturated carbocycles. The van der Waals surface area contributed by atoms with Crippen LogP contribution in [0, 0.1) is 0 Å². The summed E-state index contributed by atoms with van der Waals surface area (Å²) in [6.07, 6.45) is 0. The van der Waals surface area contributed by atoms with Crippen LogP contribution < -0.4 is 39.4 Å². The Labute approximate surface area is 106 Å². The third-order valence-corrected chi connectivity index (χ3v) is 1.47. The molecule has 72 valence electrons. The van der Waals surface area contributed by atoms with Crippen molar-refractivity contribution < 1.29 is 44.1 Å². The topological polar surface area (TPSA) is 41.5 Å². The van der Waals surface area contributed by atoms with E-state index >= 15 is 0 Å². The molecule has 0 bridgehead atoms. The molecule has 1 aromatic carbocycles. The van der Waals surface area contributed by atoms with Crippen LogP contribution in [0.25, 0.3) is 0 Å². The maximum atomic E-state index is 10.00. The number of ether oxygens (including phenoxy) is 2. The largest absolute Gasteiger partial charge is 1.00 e. The Morgan fingerprint density at radius 2 is 1.71 bits per heavy atom. The smallest absolute Gasteiger partial charge is 0.853 e. The van der Waals surface area contributed by atoms with Gasteiger partial charge in [0.05, 0.1) is 6.61 Å². The van der Waals surface area contributed by atoms with Gasteiger partial charge in [-0.25, -0.2) is 0 Å². The molecular weight excluding hydrogens is 191 g/mol. The Kier molecular flexibility index (Phi) is 9.45. The van der Waals surface area contributed by atoms with Crippen LogP contribution in [-0.4, -0.2) is 26.4 Å². The summed E-state index contributed by atoms with van der Waals surface area (Å²) in [6.45, 7) is 1.03. The molecule has 0 saturated heterocycles. The van der Waals surface area contributed by atoms with E-state index in [0.717, 1.165) is 5.75 Å². The maximum Gasteiger partial charge on any atom is 1.00 e. The number of rotatable bonds is 6. The summed E-state index contributed by atoms with van der Waals surface area (Å²) >= 11 is 0. The Bertz CT molecular complexity index is 216. The molecule has 3 nitrogen and oxygen atoms in total. The Morgan fingerprint density at radius 1 is 1.00 bits per heavy atom. The van der Waals surface area contributed by atoms with Gasteiger partial charge < -0.3 is 14.6 Å². The van der Waals surface area contributed by atoms with Crippen LogP contribution in [0.4, 0.5) is 0 Å². The van der Waals surface area contributed by atoms with Crippen LogP contribution in [0.1, 0.15) is 0 Å². The molecule has 0 aliphatic carbocycles. The molecule has 14 heavy (non-hydrogen) atoms. The second kappa shape index (κ2) is 9.49. The van der Waals surface area contributed by atoms with Crippen molar-refractivity contribution in [3.63, 3.8) is 0 Å². The van der Waals surface area contributed by atoms with E-state index in [1.807, 2.05) is 30.3 Å². The van der Waals surface area contributed by atoms with Crippen LogP contribution in [0.3, 0.4) is 0 Å². The third kappa shape index (κ3) is 6.40. The molecule has 0 unspecified atom stereocenters. The second-order valence-electron chi connectivity index (χ2n) is 2.48. The van der Waals surface area contributed by atoms with Crippen LogP contribution in [0.2, 0.25) is 0 Å². The molecule has 1 aromatic rings. The summed E-state index contributed by atoms with van der Waals surface area (Å²) in [5.74, 6) is 0.827. The standard InChI is InChI=1S/C10H13O3.Na/c11-6-7-12-8-9-13-10-4-2-1-3-5-10;/h1-5H,6-9H2;/q-1;+1. The molecule has 0 aliphatic rings. The first-order valence-electron chi connectivity index (χ1n) is 4.27. The predicted molar refractivity (Wildman–Crippen MR) is 47.6 cm³/mol. The number of hydrogen-bond donors (Lipinski definition) is 0. The van der Waals surface area contributed by atoms with E-state index in [-0.39, 0.29) is 42.8 Å². The Balaban J connectivity index is 0.00000169. The van der Waals surface area contributed by atoms with Crippen molar-refractivity contribution in [3.8, 4) is 5.75 Å². The predicted octanol–water partition coefficient (Wildman–Crippen LogP) is -2.55. The molecule has 0 amide bonds. The Hall–Kier alpha value is -0.0600. The molecule has 0 atom stereocenters. The molecule has 0 heterocycles. The summed E-state index contributed by atoms with van der Waals surface area (Å²) in [7, 11) is 0. The minimum atomic E-state index is -0.189. The van der Waals surface area contributed by atoms with Gasteiger partial charge in [0.25, 0.3) is 0 Å². The first-order valence-corrected chi connectivity index (χ1v) is 4.27. The fourth-order valence-electron chi connectivity index (χ4n) is 0.896. The van der Waals surface area contributed by atoms with Crippen molar-refractivity contribution in [3.05, 3.63) is 30.3 Å². The van der Waals surface area contributed by atoms with Gasteiger partial charge in [-0.1, -0.05) is 18.2 Å². The molecule has 1 rings (SSSR count). The van der Waals surface area contributed by atoms with E-state index in [0.29, 0.717) is 13.2 Å². The van der Waals surface area contributed by atoms with Crippen molar-refractivity contribution in [2.24, 2.45) is 0 Å². The van der Waals surface area contributed by atoms with Crippen LogP contribution in [0.15, 0.2) is 30.3 Å². The van der Waals surface area contributed by atoms with E-state index in [9.17, 15) is 5.11 Å². The zero-order chi connectivity index (χ0) is 9.36. The first-order chi connectivity index (χ1) is 6.43. The zero-order valence-electron chi connectivity index (χ0n) is 8.44. The van der Waals surface area contributed by atoms with Gasteiger partial charge in [0.1, 0.15) is 12.4 Å². The molecule has 4 heteroatoms. The normalized spacial score (nSPS) is 9.21. The van der Waals surface area contributed by atoms with Crippen molar-refractivity contribution in [1.82, 2.24) is 0 Å². The van der Waals surface area contributed by atoms with Gasteiger partial charge in [0, 0.05) is 6.61 Å². The van der Waals surface area contributed by atoms with E-state index in [2.05, 4.69) is 0 Å². The van der Waals surface area contributed by atoms with Gasteiger partial charge in [-0.3, -0.25) is 0 Å². The average Bonchev–Trinajstić information content (AvgIpc) is 2.19. The van der Waals surface area contributed by atoms with E-state index in [1.165, 1.54) is 0 Å². The van der Waals surface area contributed by atoms with Crippen LogP contribution in [-0.2, 0) is 4.74 Å². The zero-order valence-corrected chi connectivity index (χ0v) is 10.4. The van der Waals surface area contributed by atoms with Crippen molar-refractivity contribution in [2.75, 3.05) is 26.4 Å². The van der Waals surface area contributed by atoms with Gasteiger partial charge in [-0.2, -0.15) is 0 Å². The monoisotopic (exact) mass is 204 g/mol. The van der Waals surface area contributed by atoms with E-state index in [1.54, 1.807) is 0 Å². The van der Waals surface area contributed by atoms with Crippen molar-refractivity contribution >= 4 is 0 Å². The number of para-hydroxylation sites is 1. The Morgan fingerprint density at radius 3 is 2.36 bits per heavy atom. The van der Waals surface area contributed by atoms with Crippen molar-refractivity contribution in [1.29, 1.82) is 0 Å². The molecular formula is C10H13NaO3. The fourth-order valence-corrected chi connectivity index (χ4v) is 0.896. The maximum absolute atomic E-state index is 10.00. The summed E-state index contributed by atoms with van der Waals surface area (Å²) in [5, 5.41) is 10.00. The SMILES string of the molecule is [Na+].[O-]CCOCCOc1ccccc1. The second-order valence-corrected chi connectivity index (χ2v) is 2.48. The van der Waals surface area contributed by atoms with Gasteiger partial charge in [-0.05, 0) is 12.1 Å². The van der Waals surface area contributed by atoms with Gasteiger partial charge >= 0.3 is 29.6 Å². The molecule has 0 radical (unpaired) electrons. The fraction of sp³-hybridized carbons (Fsp3) is 0.400. The van der Waals surface area contributed by atoms with Gasteiger partial charge in [0.2, 0.25) is 0 Å². The first kappa shape index (κ1) is 13.9. The molecule has 0 spiro atoms. The number of benzene rings is 1. The minimum absolute atomic E-state index is 0. The average molecular weight is 204 g/mol. The van der Waals surface area contributed by atoms with Crippen molar-refractivity contribution in [2.45, 2.75) is 0 Å². The van der Waals surface area contributed by atoms with Gasteiger partial charge in [-0.15, -0.1) is 6.61 Å². The van der Waals surface area contributed by atoms with Gasteiger partial charge in [0.15, 0.2) is 0 Å². The summed E-state index contributed by atoms with van der Waals surface area (Å²) < 4.78 is 10.3. The molecule has 0 aliphatic heterocycles. The molecule has 0 fully saturated rings. The summed E-state index contributed by atoms with van der Waals surface area (Å²) in [4.78, 5) is 0. The quantitative estimate of drug-likeness (QED) is 0.378. The van der Waals surface area contributed by atoms with E-state index in [4.69, 9.17) is 9.47 Å². The minimum Gasteiger partial charge on any atom is -0.853 e. The number of hydrogen-bond acceptors (Lipinski definition) is 3. The van der Waals surface area contributed by atoms with E-state index < -0.39 is 0 Å².